The van der Waals surface area contributed by atoms with E-state index in [4.69, 9.17) is 8.94 Å². The molecular formula is C23H26N4O4. The van der Waals surface area contributed by atoms with Crippen LogP contribution in [0.1, 0.15) is 28.9 Å². The minimum absolute atomic E-state index is 0.102. The van der Waals surface area contributed by atoms with Crippen LogP contribution in [-0.2, 0) is 28.9 Å². The number of amides is 2. The molecule has 3 heterocycles. The van der Waals surface area contributed by atoms with Crippen LogP contribution < -0.4 is 5.32 Å². The molecule has 2 aromatic heterocycles. The molecule has 1 aliphatic heterocycles. The number of anilines is 1. The van der Waals surface area contributed by atoms with Gasteiger partial charge in [0.05, 0.1) is 19.2 Å². The van der Waals surface area contributed by atoms with E-state index >= 15 is 0 Å². The first-order chi connectivity index (χ1) is 15.0. The van der Waals surface area contributed by atoms with Gasteiger partial charge >= 0.3 is 0 Å². The Balaban J connectivity index is 1.14. The van der Waals surface area contributed by atoms with E-state index < -0.39 is 0 Å². The number of carbonyl (C=O) groups is 2. The quantitative estimate of drug-likeness (QED) is 0.679. The van der Waals surface area contributed by atoms with Crippen molar-refractivity contribution in [1.29, 1.82) is 0 Å². The van der Waals surface area contributed by atoms with Crippen LogP contribution in [0.25, 0.3) is 11.0 Å². The van der Waals surface area contributed by atoms with E-state index in [1.54, 1.807) is 19.3 Å². The summed E-state index contributed by atoms with van der Waals surface area (Å²) in [6.07, 6.45) is 5.48. The predicted molar refractivity (Wildman–Crippen MR) is 115 cm³/mol. The summed E-state index contributed by atoms with van der Waals surface area (Å²) in [5.41, 5.74) is 4.59. The van der Waals surface area contributed by atoms with Crippen molar-refractivity contribution >= 4 is 28.6 Å². The Morgan fingerprint density at radius 1 is 1.10 bits per heavy atom. The Bertz CT molecular complexity index is 1120. The summed E-state index contributed by atoms with van der Waals surface area (Å²) < 4.78 is 10.7. The lowest BCUT2D eigenvalue weighted by Gasteiger charge is -2.34. The predicted octanol–water partition coefficient (Wildman–Crippen LogP) is 2.54. The van der Waals surface area contributed by atoms with Gasteiger partial charge in [0, 0.05) is 43.2 Å². The molecule has 31 heavy (non-hydrogen) atoms. The molecule has 0 unspecified atom stereocenters. The number of aromatic nitrogens is 1. The number of aryl methyl sites for hydroxylation is 3. The smallest absolute Gasteiger partial charge is 0.239 e. The van der Waals surface area contributed by atoms with Gasteiger partial charge in [-0.05, 0) is 49.4 Å². The second-order valence-electron chi connectivity index (χ2n) is 8.44. The zero-order valence-corrected chi connectivity index (χ0v) is 17.6. The van der Waals surface area contributed by atoms with Gasteiger partial charge in [0.15, 0.2) is 5.82 Å². The molecule has 8 nitrogen and oxygen atoms in total. The van der Waals surface area contributed by atoms with E-state index in [2.05, 4.69) is 22.6 Å². The van der Waals surface area contributed by atoms with Crippen molar-refractivity contribution in [2.24, 2.45) is 0 Å². The van der Waals surface area contributed by atoms with Crippen molar-refractivity contribution < 1.29 is 18.5 Å². The highest BCUT2D eigenvalue weighted by atomic mass is 16.5. The molecule has 0 saturated carbocycles. The van der Waals surface area contributed by atoms with Gasteiger partial charge in [0.25, 0.3) is 0 Å². The van der Waals surface area contributed by atoms with Crippen LogP contribution in [0.5, 0.6) is 0 Å². The summed E-state index contributed by atoms with van der Waals surface area (Å²) in [5.74, 6) is 1.04. The van der Waals surface area contributed by atoms with Gasteiger partial charge in [-0.3, -0.25) is 14.5 Å². The number of hydrogen-bond acceptors (Lipinski definition) is 6. The number of nitrogens with one attached hydrogen (secondary N) is 1. The highest BCUT2D eigenvalue weighted by Crippen LogP contribution is 2.30. The molecule has 0 bridgehead atoms. The minimum atomic E-state index is -0.134. The highest BCUT2D eigenvalue weighted by molar-refractivity contribution is 5.91. The Hall–Kier alpha value is -3.13. The molecule has 8 heteroatoms. The normalized spacial score (nSPS) is 16.6. The zero-order valence-electron chi connectivity index (χ0n) is 17.6. The molecule has 1 saturated heterocycles. The number of hydrogen-bond donors (Lipinski definition) is 1. The molecular weight excluding hydrogens is 396 g/mol. The van der Waals surface area contributed by atoms with E-state index in [0.717, 1.165) is 29.4 Å². The molecule has 5 rings (SSSR count). The molecule has 2 aliphatic rings. The molecule has 0 radical (unpaired) electrons. The summed E-state index contributed by atoms with van der Waals surface area (Å²) in [6, 6.07) is 6.02. The maximum atomic E-state index is 12.9. The van der Waals surface area contributed by atoms with Crippen LogP contribution >= 0.6 is 0 Å². The number of benzene rings is 1. The lowest BCUT2D eigenvalue weighted by atomic mass is 10.0. The summed E-state index contributed by atoms with van der Waals surface area (Å²) >= 11 is 0. The first-order valence-corrected chi connectivity index (χ1v) is 10.8. The fourth-order valence-corrected chi connectivity index (χ4v) is 4.53. The van der Waals surface area contributed by atoms with E-state index in [1.807, 2.05) is 9.80 Å². The molecule has 162 valence electrons. The highest BCUT2D eigenvalue weighted by Gasteiger charge is 2.24. The number of carbonyl (C=O) groups excluding carboxylic acids is 2. The Kier molecular flexibility index (Phi) is 5.23. The summed E-state index contributed by atoms with van der Waals surface area (Å²) in [7, 11) is 0. The first-order valence-electron chi connectivity index (χ1n) is 10.8. The average Bonchev–Trinajstić information content (AvgIpc) is 3.47. The Morgan fingerprint density at radius 3 is 2.61 bits per heavy atom. The Morgan fingerprint density at radius 2 is 1.87 bits per heavy atom. The maximum absolute atomic E-state index is 12.9. The second-order valence-corrected chi connectivity index (χ2v) is 8.44. The van der Waals surface area contributed by atoms with Gasteiger partial charge in [-0.2, -0.15) is 0 Å². The van der Waals surface area contributed by atoms with Gasteiger partial charge in [-0.1, -0.05) is 5.16 Å². The lowest BCUT2D eigenvalue weighted by molar-refractivity contribution is -0.132. The summed E-state index contributed by atoms with van der Waals surface area (Å²) in [6.45, 7) is 4.59. The SMILES string of the molecule is Cc1cc(NC(=O)CN2CCN(C(=O)Cc3coc4cc5c(cc34)CCC5)CC2)no1. The third kappa shape index (κ3) is 4.20. The molecule has 1 aromatic carbocycles. The van der Waals surface area contributed by atoms with Gasteiger partial charge in [-0.25, -0.2) is 0 Å². The third-order valence-corrected chi connectivity index (χ3v) is 6.20. The standard InChI is InChI=1S/C23H26N4O4/c1-15-9-21(25-31-15)24-22(28)13-26-5-7-27(8-6-26)23(29)12-18-14-30-20-11-17-4-2-3-16(17)10-19(18)20/h9-11,14H,2-8,12-13H2,1H3,(H,24,25,28). The minimum Gasteiger partial charge on any atom is -0.464 e. The fraction of sp³-hybridized carbons (Fsp3) is 0.435. The van der Waals surface area contributed by atoms with Crippen molar-refractivity contribution in [3.8, 4) is 0 Å². The number of piperazine rings is 1. The fourth-order valence-electron chi connectivity index (χ4n) is 4.53. The van der Waals surface area contributed by atoms with Crippen LogP contribution in [0.3, 0.4) is 0 Å². The topological polar surface area (TPSA) is 91.8 Å². The molecule has 0 spiro atoms. The van der Waals surface area contributed by atoms with Gasteiger partial charge in [0.2, 0.25) is 11.8 Å². The number of furan rings is 1. The van der Waals surface area contributed by atoms with E-state index in [0.29, 0.717) is 44.2 Å². The molecule has 1 N–H and O–H groups in total. The van der Waals surface area contributed by atoms with E-state index in [9.17, 15) is 9.59 Å². The monoisotopic (exact) mass is 422 g/mol. The zero-order chi connectivity index (χ0) is 21.4. The van der Waals surface area contributed by atoms with Crippen LogP contribution in [-0.4, -0.2) is 59.5 Å². The molecule has 0 atom stereocenters. The van der Waals surface area contributed by atoms with E-state index in [-0.39, 0.29) is 18.4 Å². The molecule has 1 fully saturated rings. The van der Waals surface area contributed by atoms with Gasteiger partial charge < -0.3 is 19.2 Å². The first kappa shape index (κ1) is 19.8. The van der Waals surface area contributed by atoms with Crippen LogP contribution in [0.15, 0.2) is 33.4 Å². The van der Waals surface area contributed by atoms with Gasteiger partial charge in [-0.15, -0.1) is 0 Å². The maximum Gasteiger partial charge on any atom is 0.239 e. The van der Waals surface area contributed by atoms with Gasteiger partial charge in [0.1, 0.15) is 11.3 Å². The van der Waals surface area contributed by atoms with Crippen LogP contribution in [0.4, 0.5) is 5.82 Å². The Labute approximate surface area is 180 Å². The van der Waals surface area contributed by atoms with Crippen molar-refractivity contribution in [2.45, 2.75) is 32.6 Å². The van der Waals surface area contributed by atoms with Crippen molar-refractivity contribution in [3.05, 3.63) is 46.9 Å². The second kappa shape index (κ2) is 8.19. The van der Waals surface area contributed by atoms with Crippen molar-refractivity contribution in [1.82, 2.24) is 15.0 Å². The number of rotatable bonds is 5. The van der Waals surface area contributed by atoms with Crippen LogP contribution in [0.2, 0.25) is 0 Å². The van der Waals surface area contributed by atoms with E-state index in [1.165, 1.54) is 17.5 Å². The molecule has 3 aromatic rings. The summed E-state index contributed by atoms with van der Waals surface area (Å²) in [5, 5.41) is 7.57. The lowest BCUT2D eigenvalue weighted by Crippen LogP contribution is -2.50. The number of nitrogens with zero attached hydrogens (tertiary/aromatic N) is 3. The summed E-state index contributed by atoms with van der Waals surface area (Å²) in [4.78, 5) is 29.0. The largest absolute Gasteiger partial charge is 0.464 e. The van der Waals surface area contributed by atoms with Crippen LogP contribution in [0, 0.1) is 6.92 Å². The molecule has 2 amide bonds. The third-order valence-electron chi connectivity index (χ3n) is 6.20. The number of fused-ring (bicyclic) bond motifs is 2. The van der Waals surface area contributed by atoms with Crippen molar-refractivity contribution in [3.63, 3.8) is 0 Å². The molecule has 1 aliphatic carbocycles. The average molecular weight is 422 g/mol. The van der Waals surface area contributed by atoms with Crippen molar-refractivity contribution in [2.75, 3.05) is 38.0 Å².